The van der Waals surface area contributed by atoms with E-state index in [0.717, 1.165) is 30.2 Å². The van der Waals surface area contributed by atoms with Gasteiger partial charge < -0.3 is 20.7 Å². The van der Waals surface area contributed by atoms with E-state index >= 15 is 0 Å². The summed E-state index contributed by atoms with van der Waals surface area (Å²) in [5.74, 6) is 0.855. The molecule has 5 nitrogen and oxygen atoms in total. The number of carbonyl (C=O) groups excluding carboxylic acids is 1. The number of ether oxygens (including phenoxy) is 1. The van der Waals surface area contributed by atoms with E-state index in [9.17, 15) is 4.79 Å². The van der Waals surface area contributed by atoms with Gasteiger partial charge in [-0.3, -0.25) is 0 Å². The normalized spacial score (nSPS) is 18.5. The molecule has 1 aliphatic carbocycles. The summed E-state index contributed by atoms with van der Waals surface area (Å²) >= 11 is 6.15. The van der Waals surface area contributed by atoms with E-state index in [1.807, 2.05) is 25.1 Å². The van der Waals surface area contributed by atoms with Gasteiger partial charge >= 0.3 is 6.03 Å². The summed E-state index contributed by atoms with van der Waals surface area (Å²) in [6.45, 7) is 4.62. The summed E-state index contributed by atoms with van der Waals surface area (Å²) in [5.41, 5.74) is 4.21. The summed E-state index contributed by atoms with van der Waals surface area (Å²) in [7, 11) is 0. The number of benzene rings is 2. The summed E-state index contributed by atoms with van der Waals surface area (Å²) in [6.07, 6.45) is 5.55. The Kier molecular flexibility index (Phi) is 8.69. The van der Waals surface area contributed by atoms with Gasteiger partial charge in [-0.1, -0.05) is 43.1 Å². The SMILES string of the molecule is CCCNC(=O)NCCOc1ccc2c(c1)C(C1(c3ccc(Cl)cc3)CCC1)NCC2.Cl. The van der Waals surface area contributed by atoms with Gasteiger partial charge in [0.2, 0.25) is 0 Å². The maximum atomic E-state index is 11.7. The zero-order valence-corrected chi connectivity index (χ0v) is 20.2. The maximum absolute atomic E-state index is 11.7. The van der Waals surface area contributed by atoms with Crippen LogP contribution in [0.25, 0.3) is 0 Å². The molecular formula is C25H33Cl2N3O2. The third kappa shape index (κ3) is 5.33. The number of nitrogens with one attached hydrogen (secondary N) is 3. The number of carbonyl (C=O) groups is 1. The van der Waals surface area contributed by atoms with Crippen LogP contribution in [0.4, 0.5) is 4.79 Å². The van der Waals surface area contributed by atoms with Crippen LogP contribution in [-0.4, -0.2) is 32.3 Å². The lowest BCUT2D eigenvalue weighted by Crippen LogP contribution is -2.49. The largest absolute Gasteiger partial charge is 0.492 e. The lowest BCUT2D eigenvalue weighted by molar-refractivity contribution is 0.164. The van der Waals surface area contributed by atoms with E-state index in [1.165, 1.54) is 36.0 Å². The van der Waals surface area contributed by atoms with Crippen LogP contribution in [0.1, 0.15) is 55.3 Å². The van der Waals surface area contributed by atoms with Crippen molar-refractivity contribution in [3.8, 4) is 5.75 Å². The smallest absolute Gasteiger partial charge is 0.314 e. The molecule has 0 aromatic heterocycles. The van der Waals surface area contributed by atoms with Crippen molar-refractivity contribution in [1.82, 2.24) is 16.0 Å². The summed E-state index contributed by atoms with van der Waals surface area (Å²) < 4.78 is 5.97. The molecule has 3 N–H and O–H groups in total. The lowest BCUT2D eigenvalue weighted by Gasteiger charge is -2.50. The second-order valence-corrected chi connectivity index (χ2v) is 8.98. The molecule has 1 saturated carbocycles. The Morgan fingerprint density at radius 1 is 1.16 bits per heavy atom. The number of urea groups is 1. The molecule has 1 heterocycles. The van der Waals surface area contributed by atoms with Crippen LogP contribution < -0.4 is 20.7 Å². The van der Waals surface area contributed by atoms with Crippen LogP contribution in [0.5, 0.6) is 5.75 Å². The Balaban J connectivity index is 0.00000289. The van der Waals surface area contributed by atoms with Crippen molar-refractivity contribution in [2.45, 2.75) is 50.5 Å². The van der Waals surface area contributed by atoms with E-state index in [-0.39, 0.29) is 29.9 Å². The van der Waals surface area contributed by atoms with Gasteiger partial charge in [0.05, 0.1) is 6.54 Å². The molecule has 2 aromatic carbocycles. The monoisotopic (exact) mass is 477 g/mol. The fourth-order valence-electron chi connectivity index (χ4n) is 4.83. The van der Waals surface area contributed by atoms with Gasteiger partial charge in [0.1, 0.15) is 12.4 Å². The average Bonchev–Trinajstić information content (AvgIpc) is 2.76. The molecule has 2 aromatic rings. The highest BCUT2D eigenvalue weighted by Gasteiger charge is 2.47. The third-order valence-corrected chi connectivity index (χ3v) is 6.83. The minimum Gasteiger partial charge on any atom is -0.492 e. The van der Waals surface area contributed by atoms with Crippen molar-refractivity contribution in [3.63, 3.8) is 0 Å². The maximum Gasteiger partial charge on any atom is 0.314 e. The van der Waals surface area contributed by atoms with E-state index in [1.54, 1.807) is 0 Å². The second kappa shape index (κ2) is 11.3. The predicted octanol–water partition coefficient (Wildman–Crippen LogP) is 5.16. The van der Waals surface area contributed by atoms with Crippen LogP contribution in [0.3, 0.4) is 0 Å². The molecule has 1 fully saturated rings. The fraction of sp³-hybridized carbons (Fsp3) is 0.480. The van der Waals surface area contributed by atoms with Crippen LogP contribution in [0, 0.1) is 0 Å². The highest BCUT2D eigenvalue weighted by molar-refractivity contribution is 6.30. The molecule has 4 rings (SSSR count). The first kappa shape index (κ1) is 24.7. The minimum atomic E-state index is -0.143. The van der Waals surface area contributed by atoms with Crippen LogP contribution in [0.2, 0.25) is 5.02 Å². The van der Waals surface area contributed by atoms with Crippen molar-refractivity contribution in [2.24, 2.45) is 0 Å². The number of hydrogen-bond donors (Lipinski definition) is 3. The summed E-state index contributed by atoms with van der Waals surface area (Å²) in [6, 6.07) is 15.0. The fourth-order valence-corrected chi connectivity index (χ4v) is 4.96. The summed E-state index contributed by atoms with van der Waals surface area (Å²) in [5, 5.41) is 10.2. The van der Waals surface area contributed by atoms with E-state index < -0.39 is 0 Å². The first-order valence-electron chi connectivity index (χ1n) is 11.4. The first-order valence-corrected chi connectivity index (χ1v) is 11.8. The average molecular weight is 478 g/mol. The highest BCUT2D eigenvalue weighted by Crippen LogP contribution is 2.53. The molecule has 0 bridgehead atoms. The van der Waals surface area contributed by atoms with Crippen molar-refractivity contribution in [3.05, 3.63) is 64.2 Å². The number of halogens is 2. The second-order valence-electron chi connectivity index (χ2n) is 8.55. The zero-order valence-electron chi connectivity index (χ0n) is 18.6. The number of rotatable bonds is 8. The minimum absolute atomic E-state index is 0. The lowest BCUT2D eigenvalue weighted by atomic mass is 9.58. The van der Waals surface area contributed by atoms with Crippen LogP contribution >= 0.6 is 24.0 Å². The van der Waals surface area contributed by atoms with Gasteiger partial charge in [0.15, 0.2) is 0 Å². The van der Waals surface area contributed by atoms with Crippen LogP contribution in [-0.2, 0) is 11.8 Å². The number of hydrogen-bond acceptors (Lipinski definition) is 3. The van der Waals surface area contributed by atoms with Crippen LogP contribution in [0.15, 0.2) is 42.5 Å². The molecule has 0 radical (unpaired) electrons. The Hall–Kier alpha value is -1.95. The van der Waals surface area contributed by atoms with E-state index in [4.69, 9.17) is 16.3 Å². The van der Waals surface area contributed by atoms with Gasteiger partial charge in [-0.25, -0.2) is 4.79 Å². The molecule has 1 unspecified atom stereocenters. The van der Waals surface area contributed by atoms with Crippen molar-refractivity contribution < 1.29 is 9.53 Å². The Labute approximate surface area is 202 Å². The van der Waals surface area contributed by atoms with Crippen molar-refractivity contribution in [2.75, 3.05) is 26.2 Å². The number of amides is 2. The quantitative estimate of drug-likeness (QED) is 0.460. The van der Waals surface area contributed by atoms with E-state index in [0.29, 0.717) is 19.7 Å². The Morgan fingerprint density at radius 2 is 1.91 bits per heavy atom. The molecule has 2 aliphatic rings. The standard InChI is InChI=1S/C25H32ClN3O2.ClH/c1-2-13-28-24(30)29-15-16-31-21-9-4-18-10-14-27-23(22(18)17-21)25(11-3-12-25)19-5-7-20(26)8-6-19;/h4-9,17,23,27H,2-3,10-16H2,1H3,(H2,28,29,30);1H. The van der Waals surface area contributed by atoms with Gasteiger partial charge in [-0.2, -0.15) is 0 Å². The molecule has 2 amide bonds. The van der Waals surface area contributed by atoms with Crippen molar-refractivity contribution in [1.29, 1.82) is 0 Å². The molecule has 1 aliphatic heterocycles. The van der Waals surface area contributed by atoms with Crippen molar-refractivity contribution >= 4 is 30.0 Å². The molecule has 1 atom stereocenters. The van der Waals surface area contributed by atoms with Gasteiger partial charge in [0.25, 0.3) is 0 Å². The molecular weight excluding hydrogens is 445 g/mol. The third-order valence-electron chi connectivity index (χ3n) is 6.58. The molecule has 32 heavy (non-hydrogen) atoms. The zero-order chi connectivity index (χ0) is 21.7. The first-order chi connectivity index (χ1) is 15.1. The Morgan fingerprint density at radius 3 is 2.59 bits per heavy atom. The summed E-state index contributed by atoms with van der Waals surface area (Å²) in [4.78, 5) is 11.7. The molecule has 7 heteroatoms. The van der Waals surface area contributed by atoms with Gasteiger partial charge in [-0.15, -0.1) is 12.4 Å². The van der Waals surface area contributed by atoms with Gasteiger partial charge in [-0.05, 0) is 73.2 Å². The Bertz CT molecular complexity index is 901. The van der Waals surface area contributed by atoms with Gasteiger partial charge in [0, 0.05) is 23.0 Å². The topological polar surface area (TPSA) is 62.4 Å². The van der Waals surface area contributed by atoms with E-state index in [2.05, 4.69) is 40.2 Å². The molecule has 0 spiro atoms. The highest BCUT2D eigenvalue weighted by atomic mass is 35.5. The predicted molar refractivity (Wildman–Crippen MR) is 132 cm³/mol. The molecule has 174 valence electrons. The number of fused-ring (bicyclic) bond motifs is 1. The molecule has 0 saturated heterocycles.